The highest BCUT2D eigenvalue weighted by Gasteiger charge is 2.29. The minimum absolute atomic E-state index is 0.489. The van der Waals surface area contributed by atoms with E-state index in [1.165, 1.54) is 18.4 Å². The molecular formula is C17H19N5OS. The largest absolute Gasteiger partial charge is 0.339 e. The maximum absolute atomic E-state index is 5.31. The zero-order valence-corrected chi connectivity index (χ0v) is 14.6. The highest BCUT2D eigenvalue weighted by atomic mass is 32.2. The number of aromatic nitrogens is 5. The van der Waals surface area contributed by atoms with Gasteiger partial charge in [0.25, 0.3) is 0 Å². The molecule has 0 unspecified atom stereocenters. The van der Waals surface area contributed by atoms with Gasteiger partial charge in [-0.1, -0.05) is 41.2 Å². The van der Waals surface area contributed by atoms with Crippen LogP contribution in [0, 0.1) is 6.92 Å². The summed E-state index contributed by atoms with van der Waals surface area (Å²) in [5.74, 6) is 3.54. The van der Waals surface area contributed by atoms with Crippen molar-refractivity contribution in [3.8, 4) is 11.4 Å². The van der Waals surface area contributed by atoms with Crippen molar-refractivity contribution in [1.29, 1.82) is 0 Å². The summed E-state index contributed by atoms with van der Waals surface area (Å²) in [6.07, 6.45) is 2.33. The van der Waals surface area contributed by atoms with Crippen LogP contribution in [0.15, 0.2) is 33.9 Å². The Kier molecular flexibility index (Phi) is 4.10. The molecule has 6 nitrogen and oxygen atoms in total. The van der Waals surface area contributed by atoms with Crippen molar-refractivity contribution in [3.05, 3.63) is 41.5 Å². The first kappa shape index (κ1) is 15.4. The molecule has 0 aliphatic heterocycles. The van der Waals surface area contributed by atoms with Gasteiger partial charge in [-0.2, -0.15) is 4.98 Å². The number of rotatable bonds is 6. The van der Waals surface area contributed by atoms with Crippen LogP contribution in [0.1, 0.15) is 43.0 Å². The second-order valence-corrected chi connectivity index (χ2v) is 6.92. The Morgan fingerprint density at radius 3 is 2.83 bits per heavy atom. The molecule has 2 aromatic heterocycles. The zero-order valence-electron chi connectivity index (χ0n) is 13.8. The third-order valence-corrected chi connectivity index (χ3v) is 5.12. The molecule has 0 N–H and O–H groups in total. The fourth-order valence-corrected chi connectivity index (χ4v) is 3.50. The topological polar surface area (TPSA) is 69.6 Å². The van der Waals surface area contributed by atoms with Crippen LogP contribution in [0.3, 0.4) is 0 Å². The lowest BCUT2D eigenvalue weighted by Gasteiger charge is -2.08. The molecule has 0 saturated heterocycles. The molecule has 0 radical (unpaired) electrons. The molecule has 1 fully saturated rings. The van der Waals surface area contributed by atoms with Crippen LogP contribution in [0.25, 0.3) is 11.4 Å². The first-order valence-corrected chi connectivity index (χ1v) is 9.19. The summed E-state index contributed by atoms with van der Waals surface area (Å²) in [4.78, 5) is 4.47. The Hall–Kier alpha value is -2.15. The molecule has 0 atom stereocenters. The van der Waals surface area contributed by atoms with Crippen molar-refractivity contribution in [2.45, 2.75) is 50.1 Å². The number of hydrogen-bond donors (Lipinski definition) is 0. The van der Waals surface area contributed by atoms with Gasteiger partial charge in [0.2, 0.25) is 5.89 Å². The van der Waals surface area contributed by atoms with Crippen LogP contribution in [-0.4, -0.2) is 24.9 Å². The van der Waals surface area contributed by atoms with E-state index in [0.717, 1.165) is 34.8 Å². The normalized spacial score (nSPS) is 14.2. The summed E-state index contributed by atoms with van der Waals surface area (Å²) in [5, 5.41) is 13.7. The molecule has 124 valence electrons. The predicted octanol–water partition coefficient (Wildman–Crippen LogP) is 3.83. The van der Waals surface area contributed by atoms with Gasteiger partial charge in [0.1, 0.15) is 0 Å². The number of benzene rings is 1. The Labute approximate surface area is 144 Å². The molecule has 1 aromatic carbocycles. The van der Waals surface area contributed by atoms with E-state index in [1.54, 1.807) is 11.8 Å². The van der Waals surface area contributed by atoms with E-state index < -0.39 is 0 Å². The van der Waals surface area contributed by atoms with Crippen molar-refractivity contribution in [1.82, 2.24) is 24.9 Å². The summed E-state index contributed by atoms with van der Waals surface area (Å²) >= 11 is 1.60. The van der Waals surface area contributed by atoms with Crippen molar-refractivity contribution in [2.75, 3.05) is 0 Å². The van der Waals surface area contributed by atoms with Crippen molar-refractivity contribution in [3.63, 3.8) is 0 Å². The average molecular weight is 341 g/mol. The summed E-state index contributed by atoms with van der Waals surface area (Å²) in [7, 11) is 0. The van der Waals surface area contributed by atoms with Crippen LogP contribution < -0.4 is 0 Å². The van der Waals surface area contributed by atoms with Gasteiger partial charge in [-0.05, 0) is 32.3 Å². The molecular weight excluding hydrogens is 322 g/mol. The second kappa shape index (κ2) is 6.39. The average Bonchev–Trinajstić information content (AvgIpc) is 3.20. The van der Waals surface area contributed by atoms with E-state index >= 15 is 0 Å². The predicted molar refractivity (Wildman–Crippen MR) is 91.7 cm³/mol. The molecule has 0 amide bonds. The van der Waals surface area contributed by atoms with Gasteiger partial charge in [-0.15, -0.1) is 10.2 Å². The molecule has 1 aliphatic rings. The first-order chi connectivity index (χ1) is 11.8. The van der Waals surface area contributed by atoms with Gasteiger partial charge in [0.05, 0.1) is 5.75 Å². The molecule has 0 spiro atoms. The lowest BCUT2D eigenvalue weighted by molar-refractivity contribution is 0.375. The van der Waals surface area contributed by atoms with E-state index in [1.807, 2.05) is 12.1 Å². The van der Waals surface area contributed by atoms with E-state index in [-0.39, 0.29) is 0 Å². The van der Waals surface area contributed by atoms with Crippen LogP contribution in [0.2, 0.25) is 0 Å². The molecule has 1 aliphatic carbocycles. The van der Waals surface area contributed by atoms with Crippen LogP contribution in [0.5, 0.6) is 0 Å². The lowest BCUT2D eigenvalue weighted by atomic mass is 10.1. The summed E-state index contributed by atoms with van der Waals surface area (Å²) in [6.45, 7) is 5.02. The van der Waals surface area contributed by atoms with Gasteiger partial charge in [-0.3, -0.25) is 0 Å². The fraction of sp³-hybridized carbons (Fsp3) is 0.412. The highest BCUT2D eigenvalue weighted by Crippen LogP contribution is 2.39. The quantitative estimate of drug-likeness (QED) is 0.635. The Balaban J connectivity index is 1.54. The van der Waals surface area contributed by atoms with E-state index in [4.69, 9.17) is 4.52 Å². The van der Waals surface area contributed by atoms with Crippen molar-refractivity contribution < 1.29 is 4.52 Å². The minimum Gasteiger partial charge on any atom is -0.339 e. The monoisotopic (exact) mass is 341 g/mol. The van der Waals surface area contributed by atoms with E-state index in [2.05, 4.69) is 50.9 Å². The zero-order chi connectivity index (χ0) is 16.5. The van der Waals surface area contributed by atoms with Gasteiger partial charge >= 0.3 is 0 Å². The molecule has 4 rings (SSSR count). The van der Waals surface area contributed by atoms with Gasteiger partial charge < -0.3 is 9.09 Å². The van der Waals surface area contributed by atoms with Gasteiger partial charge in [0.15, 0.2) is 16.8 Å². The summed E-state index contributed by atoms with van der Waals surface area (Å²) in [6, 6.07) is 8.24. The molecule has 7 heteroatoms. The van der Waals surface area contributed by atoms with Crippen LogP contribution in [-0.2, 0) is 12.3 Å². The Morgan fingerprint density at radius 2 is 2.08 bits per heavy atom. The molecule has 0 bridgehead atoms. The number of thioether (sulfide) groups is 1. The minimum atomic E-state index is 0.489. The van der Waals surface area contributed by atoms with E-state index in [0.29, 0.717) is 11.7 Å². The maximum Gasteiger partial charge on any atom is 0.229 e. The standard InChI is InChI=1S/C17H19N5OS/c1-3-22-15(13-7-5-4-6-11(13)2)19-20-17(22)24-10-14-18-16(23-21-14)12-8-9-12/h4-7,12H,3,8-10H2,1-2H3. The van der Waals surface area contributed by atoms with Crippen molar-refractivity contribution >= 4 is 11.8 Å². The highest BCUT2D eigenvalue weighted by molar-refractivity contribution is 7.98. The Bertz CT molecular complexity index is 852. The number of nitrogens with zero attached hydrogens (tertiary/aromatic N) is 5. The smallest absolute Gasteiger partial charge is 0.229 e. The maximum atomic E-state index is 5.31. The third-order valence-electron chi connectivity index (χ3n) is 4.16. The van der Waals surface area contributed by atoms with Crippen LogP contribution in [0.4, 0.5) is 0 Å². The SMILES string of the molecule is CCn1c(SCc2noc(C3CC3)n2)nnc1-c1ccccc1C. The van der Waals surface area contributed by atoms with Crippen molar-refractivity contribution in [2.24, 2.45) is 0 Å². The molecule has 1 saturated carbocycles. The molecule has 2 heterocycles. The van der Waals surface area contributed by atoms with Gasteiger partial charge in [0, 0.05) is 18.0 Å². The summed E-state index contributed by atoms with van der Waals surface area (Å²) in [5.41, 5.74) is 2.32. The number of hydrogen-bond acceptors (Lipinski definition) is 6. The molecule has 3 aromatic rings. The van der Waals surface area contributed by atoms with E-state index in [9.17, 15) is 0 Å². The molecule has 24 heavy (non-hydrogen) atoms. The van der Waals surface area contributed by atoms with Crippen LogP contribution >= 0.6 is 11.8 Å². The summed E-state index contributed by atoms with van der Waals surface area (Å²) < 4.78 is 7.44. The van der Waals surface area contributed by atoms with Gasteiger partial charge in [-0.25, -0.2) is 0 Å². The second-order valence-electron chi connectivity index (χ2n) is 5.98. The third kappa shape index (κ3) is 2.96. The number of aryl methyl sites for hydroxylation is 1. The fourth-order valence-electron chi connectivity index (χ4n) is 2.65. The lowest BCUT2D eigenvalue weighted by Crippen LogP contribution is -2.01. The Morgan fingerprint density at radius 1 is 1.25 bits per heavy atom. The first-order valence-electron chi connectivity index (χ1n) is 8.20.